The van der Waals surface area contributed by atoms with Gasteiger partial charge in [0.05, 0.1) is 13.2 Å². The smallest absolute Gasteiger partial charge is 0.0606 e. The Balaban J connectivity index is 2.72. The summed E-state index contributed by atoms with van der Waals surface area (Å²) >= 11 is 0. The van der Waals surface area contributed by atoms with Crippen molar-refractivity contribution in [2.75, 3.05) is 31.2 Å². The van der Waals surface area contributed by atoms with Crippen LogP contribution in [0.3, 0.4) is 0 Å². The summed E-state index contributed by atoms with van der Waals surface area (Å²) in [5.41, 5.74) is 7.57. The van der Waals surface area contributed by atoms with Crippen LogP contribution in [0.4, 0.5) is 5.69 Å². The first-order chi connectivity index (χ1) is 7.31. The highest BCUT2D eigenvalue weighted by Gasteiger charge is 2.04. The molecule has 1 rings (SSSR count). The molecule has 0 aromatic heterocycles. The lowest BCUT2D eigenvalue weighted by Crippen LogP contribution is -2.29. The summed E-state index contributed by atoms with van der Waals surface area (Å²) in [5, 5.41) is 17.8. The zero-order valence-electron chi connectivity index (χ0n) is 8.76. The minimum atomic E-state index is 0.0820. The number of aliphatic hydroxyl groups excluding tert-OH is 2. The van der Waals surface area contributed by atoms with Crippen LogP contribution < -0.4 is 10.6 Å². The molecule has 15 heavy (non-hydrogen) atoms. The molecule has 4 heteroatoms. The molecule has 0 aliphatic rings. The van der Waals surface area contributed by atoms with E-state index in [1.165, 1.54) is 0 Å². The summed E-state index contributed by atoms with van der Waals surface area (Å²) in [5.74, 6) is 0. The molecule has 0 fully saturated rings. The Hall–Kier alpha value is -1.10. The molecule has 4 nitrogen and oxygen atoms in total. The van der Waals surface area contributed by atoms with Crippen molar-refractivity contribution in [1.82, 2.24) is 0 Å². The van der Waals surface area contributed by atoms with Crippen LogP contribution in [-0.2, 0) is 6.54 Å². The van der Waals surface area contributed by atoms with Crippen LogP contribution in [0.25, 0.3) is 0 Å². The third-order valence-electron chi connectivity index (χ3n) is 2.28. The average Bonchev–Trinajstić information content (AvgIpc) is 2.29. The second-order valence-electron chi connectivity index (χ2n) is 3.30. The SMILES string of the molecule is NCc1ccc(N(CCO)CCO)cc1. The Bertz CT molecular complexity index is 268. The summed E-state index contributed by atoms with van der Waals surface area (Å²) in [6, 6.07) is 7.81. The second-order valence-corrected chi connectivity index (χ2v) is 3.30. The number of rotatable bonds is 6. The Kier molecular flexibility index (Phi) is 5.10. The van der Waals surface area contributed by atoms with E-state index in [1.807, 2.05) is 29.2 Å². The van der Waals surface area contributed by atoms with Gasteiger partial charge in [-0.25, -0.2) is 0 Å². The van der Waals surface area contributed by atoms with Gasteiger partial charge in [0.25, 0.3) is 0 Å². The molecule has 0 unspecified atom stereocenters. The monoisotopic (exact) mass is 210 g/mol. The Morgan fingerprint density at radius 1 is 1.00 bits per heavy atom. The molecule has 0 heterocycles. The first kappa shape index (κ1) is 12.0. The maximum atomic E-state index is 8.88. The Morgan fingerprint density at radius 3 is 1.93 bits per heavy atom. The molecule has 0 saturated heterocycles. The van der Waals surface area contributed by atoms with Crippen molar-refractivity contribution in [3.05, 3.63) is 29.8 Å². The zero-order valence-corrected chi connectivity index (χ0v) is 8.76. The summed E-state index contributed by atoms with van der Waals surface area (Å²) in [6.45, 7) is 1.75. The first-order valence-corrected chi connectivity index (χ1v) is 5.07. The minimum absolute atomic E-state index is 0.0820. The van der Waals surface area contributed by atoms with Gasteiger partial charge in [0.1, 0.15) is 0 Å². The van der Waals surface area contributed by atoms with Gasteiger partial charge in [0.15, 0.2) is 0 Å². The van der Waals surface area contributed by atoms with Crippen molar-refractivity contribution < 1.29 is 10.2 Å². The standard InChI is InChI=1S/C11H18N2O2/c12-9-10-1-3-11(4-2-10)13(5-7-14)6-8-15/h1-4,14-15H,5-9,12H2. The van der Waals surface area contributed by atoms with Crippen LogP contribution in [0.15, 0.2) is 24.3 Å². The third kappa shape index (κ3) is 3.51. The van der Waals surface area contributed by atoms with E-state index in [1.54, 1.807) is 0 Å². The molecule has 0 spiro atoms. The fourth-order valence-corrected chi connectivity index (χ4v) is 1.45. The van der Waals surface area contributed by atoms with Crippen molar-refractivity contribution in [3.8, 4) is 0 Å². The number of anilines is 1. The van der Waals surface area contributed by atoms with Gasteiger partial charge in [-0.3, -0.25) is 0 Å². The molecule has 0 aliphatic heterocycles. The van der Waals surface area contributed by atoms with E-state index in [0.717, 1.165) is 11.3 Å². The minimum Gasteiger partial charge on any atom is -0.395 e. The van der Waals surface area contributed by atoms with Crippen molar-refractivity contribution >= 4 is 5.69 Å². The van der Waals surface area contributed by atoms with Crippen LogP contribution in [0.2, 0.25) is 0 Å². The number of benzene rings is 1. The highest BCUT2D eigenvalue weighted by atomic mass is 16.3. The van der Waals surface area contributed by atoms with Crippen molar-refractivity contribution in [2.45, 2.75) is 6.54 Å². The van der Waals surface area contributed by atoms with E-state index < -0.39 is 0 Å². The lowest BCUT2D eigenvalue weighted by molar-refractivity contribution is 0.281. The quantitative estimate of drug-likeness (QED) is 0.615. The van der Waals surface area contributed by atoms with Gasteiger partial charge >= 0.3 is 0 Å². The molecular weight excluding hydrogens is 192 g/mol. The molecule has 1 aromatic rings. The largest absolute Gasteiger partial charge is 0.395 e. The fraction of sp³-hybridized carbons (Fsp3) is 0.455. The molecule has 0 aliphatic carbocycles. The second kappa shape index (κ2) is 6.40. The van der Waals surface area contributed by atoms with Crippen molar-refractivity contribution in [3.63, 3.8) is 0 Å². The van der Waals surface area contributed by atoms with Gasteiger partial charge in [0, 0.05) is 25.3 Å². The number of hydrogen-bond donors (Lipinski definition) is 3. The molecule has 4 N–H and O–H groups in total. The van der Waals surface area contributed by atoms with Gasteiger partial charge < -0.3 is 20.8 Å². The lowest BCUT2D eigenvalue weighted by atomic mass is 10.2. The van der Waals surface area contributed by atoms with Crippen molar-refractivity contribution in [1.29, 1.82) is 0 Å². The summed E-state index contributed by atoms with van der Waals surface area (Å²) < 4.78 is 0. The third-order valence-corrected chi connectivity index (χ3v) is 2.28. The van der Waals surface area contributed by atoms with Gasteiger partial charge in [-0.1, -0.05) is 12.1 Å². The molecule has 0 saturated carbocycles. The maximum absolute atomic E-state index is 8.88. The number of aliphatic hydroxyl groups is 2. The molecule has 0 atom stereocenters. The molecule has 1 aromatic carbocycles. The summed E-state index contributed by atoms with van der Waals surface area (Å²) in [7, 11) is 0. The van der Waals surface area contributed by atoms with Crippen LogP contribution in [0.1, 0.15) is 5.56 Å². The van der Waals surface area contributed by atoms with Gasteiger partial charge in [-0.15, -0.1) is 0 Å². The van der Waals surface area contributed by atoms with E-state index >= 15 is 0 Å². The maximum Gasteiger partial charge on any atom is 0.0606 e. The van der Waals surface area contributed by atoms with Crippen LogP contribution in [0, 0.1) is 0 Å². The molecule has 84 valence electrons. The normalized spacial score (nSPS) is 10.3. The predicted octanol–water partition coefficient (Wildman–Crippen LogP) is -0.0637. The average molecular weight is 210 g/mol. The Morgan fingerprint density at radius 2 is 1.53 bits per heavy atom. The highest BCUT2D eigenvalue weighted by Crippen LogP contribution is 2.14. The first-order valence-electron chi connectivity index (χ1n) is 5.07. The molecular formula is C11H18N2O2. The number of nitrogens with zero attached hydrogens (tertiary/aromatic N) is 1. The van der Waals surface area contributed by atoms with Gasteiger partial charge in [-0.2, -0.15) is 0 Å². The molecule has 0 amide bonds. The molecule has 0 radical (unpaired) electrons. The highest BCUT2D eigenvalue weighted by molar-refractivity contribution is 5.47. The van der Waals surface area contributed by atoms with Crippen LogP contribution in [-0.4, -0.2) is 36.5 Å². The Labute approximate surface area is 89.9 Å². The van der Waals surface area contributed by atoms with Crippen molar-refractivity contribution in [2.24, 2.45) is 5.73 Å². The predicted molar refractivity (Wildman–Crippen MR) is 60.7 cm³/mol. The zero-order chi connectivity index (χ0) is 11.1. The van der Waals surface area contributed by atoms with E-state index in [-0.39, 0.29) is 13.2 Å². The van der Waals surface area contributed by atoms with E-state index in [0.29, 0.717) is 19.6 Å². The number of hydrogen-bond acceptors (Lipinski definition) is 4. The van der Waals surface area contributed by atoms with Crippen LogP contribution >= 0.6 is 0 Å². The van der Waals surface area contributed by atoms with Crippen LogP contribution in [0.5, 0.6) is 0 Å². The summed E-state index contributed by atoms with van der Waals surface area (Å²) in [6.07, 6.45) is 0. The van der Waals surface area contributed by atoms with Gasteiger partial charge in [-0.05, 0) is 17.7 Å². The van der Waals surface area contributed by atoms with Gasteiger partial charge in [0.2, 0.25) is 0 Å². The summed E-state index contributed by atoms with van der Waals surface area (Å²) in [4.78, 5) is 1.93. The molecule has 0 bridgehead atoms. The van der Waals surface area contributed by atoms with E-state index in [9.17, 15) is 0 Å². The lowest BCUT2D eigenvalue weighted by Gasteiger charge is -2.23. The number of nitrogens with two attached hydrogens (primary N) is 1. The fourth-order valence-electron chi connectivity index (χ4n) is 1.45. The van der Waals surface area contributed by atoms with E-state index in [4.69, 9.17) is 15.9 Å². The van der Waals surface area contributed by atoms with E-state index in [2.05, 4.69) is 0 Å². The topological polar surface area (TPSA) is 69.7 Å².